The summed E-state index contributed by atoms with van der Waals surface area (Å²) in [5.74, 6) is -0.536. The molecule has 2 aromatic carbocycles. The number of carbonyl (C=O) groups excluding carboxylic acids is 2. The Morgan fingerprint density at radius 3 is 2.32 bits per heavy atom. The van der Waals surface area contributed by atoms with Gasteiger partial charge in [0, 0.05) is 11.0 Å². The summed E-state index contributed by atoms with van der Waals surface area (Å²) in [6, 6.07) is 17.2. The van der Waals surface area contributed by atoms with E-state index >= 15 is 0 Å². The molecule has 0 atom stereocenters. The Morgan fingerprint density at radius 2 is 1.55 bits per heavy atom. The fourth-order valence-corrected chi connectivity index (χ4v) is 3.51. The smallest absolute Gasteiger partial charge is 0.268 e. The molecule has 4 rings (SSSR count). The first-order valence-corrected chi connectivity index (χ1v) is 7.66. The third kappa shape index (κ3) is 2.00. The van der Waals surface area contributed by atoms with Crippen molar-refractivity contribution in [2.45, 2.75) is 0 Å². The Bertz CT molecular complexity index is 852. The van der Waals surface area contributed by atoms with Gasteiger partial charge in [-0.25, -0.2) is 4.31 Å². The van der Waals surface area contributed by atoms with Crippen LogP contribution in [0.4, 0.5) is 0 Å². The van der Waals surface area contributed by atoms with E-state index in [1.807, 2.05) is 60.7 Å². The van der Waals surface area contributed by atoms with E-state index in [0.29, 0.717) is 5.57 Å². The number of nitrogens with zero attached hydrogens (tertiary/aromatic N) is 1. The summed E-state index contributed by atoms with van der Waals surface area (Å²) in [5, 5.41) is 0. The molecule has 0 spiro atoms. The molecule has 2 aliphatic rings. The van der Waals surface area contributed by atoms with Gasteiger partial charge in [-0.05, 0) is 34.7 Å². The van der Waals surface area contributed by atoms with Crippen molar-refractivity contribution in [1.29, 1.82) is 0 Å². The van der Waals surface area contributed by atoms with E-state index in [2.05, 4.69) is 0 Å². The van der Waals surface area contributed by atoms with Crippen molar-refractivity contribution in [3.8, 4) is 0 Å². The van der Waals surface area contributed by atoms with Crippen LogP contribution in [-0.4, -0.2) is 16.1 Å². The average Bonchev–Trinajstić information content (AvgIpc) is 2.81. The molecule has 0 bridgehead atoms. The molecule has 0 N–H and O–H groups in total. The maximum absolute atomic E-state index is 12.5. The maximum atomic E-state index is 12.5. The predicted octanol–water partition coefficient (Wildman–Crippen LogP) is 3.60. The molecular weight excluding hydrogens is 294 g/mol. The molecule has 22 heavy (non-hydrogen) atoms. The summed E-state index contributed by atoms with van der Waals surface area (Å²) in [4.78, 5) is 25.6. The molecule has 2 amide bonds. The summed E-state index contributed by atoms with van der Waals surface area (Å²) in [5.41, 5.74) is 3.44. The van der Waals surface area contributed by atoms with Gasteiger partial charge >= 0.3 is 0 Å². The molecule has 0 saturated carbocycles. The first-order valence-electron chi connectivity index (χ1n) is 6.88. The zero-order valence-electron chi connectivity index (χ0n) is 11.5. The van der Waals surface area contributed by atoms with Gasteiger partial charge in [-0.3, -0.25) is 9.59 Å². The minimum absolute atomic E-state index is 0.258. The third-order valence-corrected chi connectivity index (χ3v) is 4.73. The predicted molar refractivity (Wildman–Crippen MR) is 88.2 cm³/mol. The van der Waals surface area contributed by atoms with Crippen LogP contribution in [0.2, 0.25) is 0 Å². The molecule has 4 heteroatoms. The lowest BCUT2D eigenvalue weighted by Gasteiger charge is -2.22. The quantitative estimate of drug-likeness (QED) is 0.642. The number of fused-ring (bicyclic) bond motifs is 1. The van der Waals surface area contributed by atoms with Crippen molar-refractivity contribution in [2.75, 3.05) is 0 Å². The van der Waals surface area contributed by atoms with Crippen molar-refractivity contribution in [2.24, 2.45) is 0 Å². The Labute approximate surface area is 132 Å². The van der Waals surface area contributed by atoms with Gasteiger partial charge in [0.2, 0.25) is 0 Å². The van der Waals surface area contributed by atoms with Crippen molar-refractivity contribution in [1.82, 2.24) is 4.31 Å². The molecule has 0 radical (unpaired) electrons. The fourth-order valence-electron chi connectivity index (χ4n) is 2.53. The maximum Gasteiger partial charge on any atom is 0.272 e. The van der Waals surface area contributed by atoms with Gasteiger partial charge < -0.3 is 0 Å². The molecule has 1 aliphatic carbocycles. The summed E-state index contributed by atoms with van der Waals surface area (Å²) >= 11 is 1.19. The van der Waals surface area contributed by atoms with Crippen LogP contribution in [0.1, 0.15) is 16.7 Å². The SMILES string of the molecule is O=C1C=C(c2ccccc2)C(=O)N1SC1=Cc2ccccc21. The number of hydrogen-bond acceptors (Lipinski definition) is 3. The van der Waals surface area contributed by atoms with Crippen LogP contribution in [0.25, 0.3) is 16.6 Å². The molecule has 106 valence electrons. The largest absolute Gasteiger partial charge is 0.272 e. The Balaban J connectivity index is 1.57. The molecule has 0 unspecified atom stereocenters. The number of imide groups is 1. The Kier molecular flexibility index (Phi) is 2.98. The molecular formula is C18H11NO2S. The first-order chi connectivity index (χ1) is 10.7. The lowest BCUT2D eigenvalue weighted by Crippen LogP contribution is -2.24. The highest BCUT2D eigenvalue weighted by atomic mass is 32.2. The molecule has 2 aromatic rings. The summed E-state index contributed by atoms with van der Waals surface area (Å²) in [7, 11) is 0. The van der Waals surface area contributed by atoms with Crippen LogP contribution in [0.15, 0.2) is 60.7 Å². The highest BCUT2D eigenvalue weighted by Crippen LogP contribution is 2.43. The van der Waals surface area contributed by atoms with Crippen LogP contribution in [-0.2, 0) is 9.59 Å². The van der Waals surface area contributed by atoms with Crippen LogP contribution in [0.5, 0.6) is 0 Å². The lowest BCUT2D eigenvalue weighted by molar-refractivity contribution is -0.129. The molecule has 1 aliphatic heterocycles. The molecule has 0 aromatic heterocycles. The van der Waals surface area contributed by atoms with E-state index in [1.54, 1.807) is 0 Å². The van der Waals surface area contributed by atoms with E-state index in [0.717, 1.165) is 21.6 Å². The van der Waals surface area contributed by atoms with E-state index in [9.17, 15) is 9.59 Å². The lowest BCUT2D eigenvalue weighted by atomic mass is 9.98. The van der Waals surface area contributed by atoms with Gasteiger partial charge in [-0.2, -0.15) is 0 Å². The summed E-state index contributed by atoms with van der Waals surface area (Å²) in [6.45, 7) is 0. The molecule has 0 saturated heterocycles. The number of amides is 2. The number of benzene rings is 2. The second-order valence-corrected chi connectivity index (χ2v) is 6.04. The number of rotatable bonds is 3. The number of hydrogen-bond donors (Lipinski definition) is 0. The highest BCUT2D eigenvalue weighted by molar-refractivity contribution is 8.07. The monoisotopic (exact) mass is 305 g/mol. The van der Waals surface area contributed by atoms with Crippen molar-refractivity contribution in [3.63, 3.8) is 0 Å². The standard InChI is InChI=1S/C18H11NO2S/c20-17-11-15(12-6-2-1-3-7-12)18(21)19(17)22-16-10-13-8-4-5-9-14(13)16/h1-11H. The topological polar surface area (TPSA) is 37.4 Å². The van der Waals surface area contributed by atoms with Gasteiger partial charge in [0.25, 0.3) is 11.8 Å². The second-order valence-electron chi connectivity index (χ2n) is 5.05. The number of carbonyl (C=O) groups is 2. The van der Waals surface area contributed by atoms with Gasteiger partial charge in [0.1, 0.15) is 0 Å². The highest BCUT2D eigenvalue weighted by Gasteiger charge is 2.34. The fraction of sp³-hybridized carbons (Fsp3) is 0. The van der Waals surface area contributed by atoms with Crippen molar-refractivity contribution < 1.29 is 9.59 Å². The van der Waals surface area contributed by atoms with Crippen LogP contribution >= 0.6 is 11.9 Å². The molecule has 3 nitrogen and oxygen atoms in total. The zero-order chi connectivity index (χ0) is 15.1. The minimum Gasteiger partial charge on any atom is -0.268 e. The zero-order valence-corrected chi connectivity index (χ0v) is 12.3. The first kappa shape index (κ1) is 13.1. The van der Waals surface area contributed by atoms with E-state index in [4.69, 9.17) is 0 Å². The van der Waals surface area contributed by atoms with Crippen molar-refractivity contribution in [3.05, 3.63) is 77.4 Å². The second kappa shape index (κ2) is 5.00. The Hall–Kier alpha value is -2.59. The summed E-state index contributed by atoms with van der Waals surface area (Å²) in [6.07, 6.45) is 3.40. The average molecular weight is 305 g/mol. The van der Waals surface area contributed by atoms with Gasteiger partial charge in [0.15, 0.2) is 0 Å². The molecule has 0 fully saturated rings. The van der Waals surface area contributed by atoms with E-state index in [1.165, 1.54) is 22.3 Å². The normalized spacial score (nSPS) is 16.1. The third-order valence-electron chi connectivity index (χ3n) is 3.67. The van der Waals surface area contributed by atoms with E-state index < -0.39 is 0 Å². The Morgan fingerprint density at radius 1 is 0.818 bits per heavy atom. The summed E-state index contributed by atoms with van der Waals surface area (Å²) < 4.78 is 1.23. The van der Waals surface area contributed by atoms with Gasteiger partial charge in [0.05, 0.1) is 5.57 Å². The van der Waals surface area contributed by atoms with Gasteiger partial charge in [-0.15, -0.1) is 0 Å². The van der Waals surface area contributed by atoms with Crippen LogP contribution < -0.4 is 0 Å². The van der Waals surface area contributed by atoms with E-state index in [-0.39, 0.29) is 11.8 Å². The molecule has 1 heterocycles. The van der Waals surface area contributed by atoms with Crippen molar-refractivity contribution >= 4 is 40.3 Å². The van der Waals surface area contributed by atoms with Crippen LogP contribution in [0, 0.1) is 0 Å². The minimum atomic E-state index is -0.279. The van der Waals surface area contributed by atoms with Crippen LogP contribution in [0.3, 0.4) is 0 Å². The van der Waals surface area contributed by atoms with Gasteiger partial charge in [-0.1, -0.05) is 54.6 Å².